The van der Waals surface area contributed by atoms with E-state index in [1.807, 2.05) is 30.3 Å². The van der Waals surface area contributed by atoms with Gasteiger partial charge >= 0.3 is 0 Å². The number of benzene rings is 1. The van der Waals surface area contributed by atoms with E-state index < -0.39 is 0 Å². The highest BCUT2D eigenvalue weighted by molar-refractivity contribution is 5.59. The number of nitrogens with zero attached hydrogens (tertiary/aromatic N) is 1. The second kappa shape index (κ2) is 4.09. The topological polar surface area (TPSA) is 22.1 Å². The van der Waals surface area contributed by atoms with Gasteiger partial charge in [0.25, 0.3) is 0 Å². The van der Waals surface area contributed by atoms with Crippen molar-refractivity contribution >= 4 is 0 Å². The molecule has 2 aromatic rings. The molecule has 0 aliphatic rings. The van der Waals surface area contributed by atoms with Crippen LogP contribution in [0.3, 0.4) is 0 Å². The fourth-order valence-corrected chi connectivity index (χ4v) is 1.34. The Labute approximate surface area is 87.4 Å². The van der Waals surface area contributed by atoms with Gasteiger partial charge in [0.1, 0.15) is 11.4 Å². The van der Waals surface area contributed by atoms with Crippen LogP contribution >= 0.6 is 0 Å². The van der Waals surface area contributed by atoms with E-state index >= 15 is 0 Å². The summed E-state index contributed by atoms with van der Waals surface area (Å²) in [6, 6.07) is 10.5. The van der Waals surface area contributed by atoms with Gasteiger partial charge in [-0.1, -0.05) is 30.3 Å². The molecule has 3 heteroatoms. The van der Waals surface area contributed by atoms with Gasteiger partial charge in [0.2, 0.25) is 0 Å². The van der Waals surface area contributed by atoms with Crippen LogP contribution in [0.2, 0.25) is 0 Å². The summed E-state index contributed by atoms with van der Waals surface area (Å²) in [7, 11) is 1.48. The van der Waals surface area contributed by atoms with Gasteiger partial charge in [0.05, 0.1) is 13.3 Å². The van der Waals surface area contributed by atoms with Crippen LogP contribution < -0.4 is 4.74 Å². The minimum absolute atomic E-state index is 0.344. The molecule has 0 spiro atoms. The standard InChI is InChI=1S/C12H10FNO/c1-15-10-7-11(13)12(14-8-10)9-5-3-2-4-6-9/h2-8H,1H3. The highest BCUT2D eigenvalue weighted by Gasteiger charge is 2.07. The first-order chi connectivity index (χ1) is 7.31. The predicted octanol–water partition coefficient (Wildman–Crippen LogP) is 2.90. The molecule has 0 saturated heterocycles. The van der Waals surface area contributed by atoms with Gasteiger partial charge in [-0.05, 0) is 0 Å². The zero-order chi connectivity index (χ0) is 10.7. The van der Waals surface area contributed by atoms with E-state index in [0.29, 0.717) is 11.4 Å². The first-order valence-corrected chi connectivity index (χ1v) is 4.56. The van der Waals surface area contributed by atoms with Crippen LogP contribution in [0.5, 0.6) is 5.75 Å². The molecule has 0 radical (unpaired) electrons. The van der Waals surface area contributed by atoms with Crippen molar-refractivity contribution in [2.75, 3.05) is 7.11 Å². The molecule has 0 aliphatic carbocycles. The molecule has 0 unspecified atom stereocenters. The molecular weight excluding hydrogens is 193 g/mol. The molecule has 0 N–H and O–H groups in total. The van der Waals surface area contributed by atoms with Crippen molar-refractivity contribution in [1.29, 1.82) is 0 Å². The molecule has 2 rings (SSSR count). The van der Waals surface area contributed by atoms with Gasteiger partial charge in [0, 0.05) is 11.6 Å². The summed E-state index contributed by atoms with van der Waals surface area (Å²) in [6.07, 6.45) is 1.51. The summed E-state index contributed by atoms with van der Waals surface area (Å²) < 4.78 is 18.5. The fraction of sp³-hybridized carbons (Fsp3) is 0.0833. The third kappa shape index (κ3) is 1.96. The summed E-state index contributed by atoms with van der Waals surface area (Å²) in [6.45, 7) is 0. The first-order valence-electron chi connectivity index (χ1n) is 4.56. The second-order valence-electron chi connectivity index (χ2n) is 3.07. The van der Waals surface area contributed by atoms with E-state index in [9.17, 15) is 4.39 Å². The number of hydrogen-bond donors (Lipinski definition) is 0. The monoisotopic (exact) mass is 203 g/mol. The third-order valence-corrected chi connectivity index (χ3v) is 2.10. The predicted molar refractivity (Wildman–Crippen MR) is 56.2 cm³/mol. The molecule has 0 aliphatic heterocycles. The van der Waals surface area contributed by atoms with E-state index in [1.165, 1.54) is 19.4 Å². The number of rotatable bonds is 2. The molecule has 0 bridgehead atoms. The molecule has 1 aromatic carbocycles. The smallest absolute Gasteiger partial charge is 0.153 e. The van der Waals surface area contributed by atoms with Gasteiger partial charge in [-0.2, -0.15) is 0 Å². The maximum atomic E-state index is 13.6. The van der Waals surface area contributed by atoms with Crippen LogP contribution in [0.15, 0.2) is 42.6 Å². The molecule has 0 saturated carbocycles. The summed E-state index contributed by atoms with van der Waals surface area (Å²) in [4.78, 5) is 4.02. The molecule has 1 aromatic heterocycles. The molecule has 15 heavy (non-hydrogen) atoms. The van der Waals surface area contributed by atoms with Crippen LogP contribution in [-0.2, 0) is 0 Å². The van der Waals surface area contributed by atoms with Crippen molar-refractivity contribution in [3.63, 3.8) is 0 Å². The van der Waals surface area contributed by atoms with Crippen LogP contribution in [0.4, 0.5) is 4.39 Å². The highest BCUT2D eigenvalue weighted by atomic mass is 19.1. The van der Waals surface area contributed by atoms with E-state index in [4.69, 9.17) is 4.74 Å². The van der Waals surface area contributed by atoms with Gasteiger partial charge in [-0.15, -0.1) is 0 Å². The Hall–Kier alpha value is -1.90. The summed E-state index contributed by atoms with van der Waals surface area (Å²) >= 11 is 0. The lowest BCUT2D eigenvalue weighted by atomic mass is 10.1. The Kier molecular flexibility index (Phi) is 2.63. The Morgan fingerprint density at radius 1 is 1.20 bits per heavy atom. The zero-order valence-electron chi connectivity index (χ0n) is 8.27. The SMILES string of the molecule is COc1cnc(-c2ccccc2)c(F)c1. The van der Waals surface area contributed by atoms with Gasteiger partial charge < -0.3 is 4.74 Å². The normalized spacial score (nSPS) is 10.0. The number of pyridine rings is 1. The van der Waals surface area contributed by atoms with Crippen molar-refractivity contribution in [3.8, 4) is 17.0 Å². The third-order valence-electron chi connectivity index (χ3n) is 2.10. The summed E-state index contributed by atoms with van der Waals surface area (Å²) in [5.41, 5.74) is 1.11. The van der Waals surface area contributed by atoms with E-state index in [0.717, 1.165) is 5.56 Å². The Morgan fingerprint density at radius 2 is 1.93 bits per heavy atom. The minimum atomic E-state index is -0.374. The number of halogens is 1. The summed E-state index contributed by atoms with van der Waals surface area (Å²) in [5, 5.41) is 0. The van der Waals surface area contributed by atoms with Gasteiger partial charge in [-0.25, -0.2) is 9.37 Å². The lowest BCUT2D eigenvalue weighted by molar-refractivity contribution is 0.409. The van der Waals surface area contributed by atoms with Crippen molar-refractivity contribution in [3.05, 3.63) is 48.4 Å². The number of ether oxygens (including phenoxy) is 1. The van der Waals surface area contributed by atoms with Crippen LogP contribution in [0.1, 0.15) is 0 Å². The average Bonchev–Trinajstić information content (AvgIpc) is 2.30. The molecule has 2 nitrogen and oxygen atoms in total. The largest absolute Gasteiger partial charge is 0.495 e. The Morgan fingerprint density at radius 3 is 2.53 bits per heavy atom. The lowest BCUT2D eigenvalue weighted by Gasteiger charge is -2.04. The fourth-order valence-electron chi connectivity index (χ4n) is 1.34. The average molecular weight is 203 g/mol. The van der Waals surface area contributed by atoms with E-state index in [-0.39, 0.29) is 5.82 Å². The quantitative estimate of drug-likeness (QED) is 0.748. The maximum absolute atomic E-state index is 13.6. The molecule has 0 fully saturated rings. The van der Waals surface area contributed by atoms with E-state index in [1.54, 1.807) is 0 Å². The zero-order valence-corrected chi connectivity index (χ0v) is 8.27. The van der Waals surface area contributed by atoms with Crippen LogP contribution in [0, 0.1) is 5.82 Å². The first kappa shape index (κ1) is 9.65. The Bertz CT molecular complexity index is 456. The van der Waals surface area contributed by atoms with Gasteiger partial charge in [-0.3, -0.25) is 0 Å². The van der Waals surface area contributed by atoms with Crippen molar-refractivity contribution in [1.82, 2.24) is 4.98 Å². The maximum Gasteiger partial charge on any atom is 0.153 e. The van der Waals surface area contributed by atoms with Crippen LogP contribution in [-0.4, -0.2) is 12.1 Å². The molecule has 0 amide bonds. The molecule has 0 atom stereocenters. The van der Waals surface area contributed by atoms with Gasteiger partial charge in [0.15, 0.2) is 5.82 Å². The number of hydrogen-bond acceptors (Lipinski definition) is 2. The number of aromatic nitrogens is 1. The van der Waals surface area contributed by atoms with Crippen molar-refractivity contribution in [2.24, 2.45) is 0 Å². The van der Waals surface area contributed by atoms with Crippen LogP contribution in [0.25, 0.3) is 11.3 Å². The molecule has 76 valence electrons. The molecular formula is C12H10FNO. The molecule has 1 heterocycles. The second-order valence-corrected chi connectivity index (χ2v) is 3.07. The van der Waals surface area contributed by atoms with E-state index in [2.05, 4.69) is 4.98 Å². The lowest BCUT2D eigenvalue weighted by Crippen LogP contribution is -1.91. The Balaban J connectivity index is 2.46. The highest BCUT2D eigenvalue weighted by Crippen LogP contribution is 2.22. The number of methoxy groups -OCH3 is 1. The van der Waals surface area contributed by atoms with Crippen molar-refractivity contribution in [2.45, 2.75) is 0 Å². The minimum Gasteiger partial charge on any atom is -0.495 e. The van der Waals surface area contributed by atoms with Crippen molar-refractivity contribution < 1.29 is 9.13 Å². The summed E-state index contributed by atoms with van der Waals surface area (Å²) in [5.74, 6) is 0.0488.